The van der Waals surface area contributed by atoms with E-state index in [0.29, 0.717) is 5.69 Å². The molecule has 5 nitrogen and oxygen atoms in total. The molecule has 0 aliphatic carbocycles. The van der Waals surface area contributed by atoms with E-state index in [-0.39, 0.29) is 5.11 Å². The number of carbonyl (C=O) groups is 1. The van der Waals surface area contributed by atoms with Gasteiger partial charge in [-0.3, -0.25) is 9.78 Å². The van der Waals surface area contributed by atoms with Gasteiger partial charge in [0, 0.05) is 17.7 Å². The van der Waals surface area contributed by atoms with E-state index in [9.17, 15) is 4.79 Å². The quantitative estimate of drug-likeness (QED) is 0.207. The number of rotatable bonds is 5. The number of aromatic nitrogens is 1. The van der Waals surface area contributed by atoms with Gasteiger partial charge < -0.3 is 16.0 Å². The van der Waals surface area contributed by atoms with Gasteiger partial charge in [0.15, 0.2) is 5.11 Å². The van der Waals surface area contributed by atoms with Crippen molar-refractivity contribution in [3.63, 3.8) is 0 Å². The van der Waals surface area contributed by atoms with Crippen LogP contribution in [0.3, 0.4) is 0 Å². The number of nitrogens with zero attached hydrogens (tertiary/aromatic N) is 1. The summed E-state index contributed by atoms with van der Waals surface area (Å²) in [5.74, 6) is -0.447. The van der Waals surface area contributed by atoms with E-state index < -0.39 is 15.9 Å². The van der Waals surface area contributed by atoms with Crippen molar-refractivity contribution in [1.29, 1.82) is 0 Å². The summed E-state index contributed by atoms with van der Waals surface area (Å²) in [6.07, 6.45) is 3.63. The van der Waals surface area contributed by atoms with Gasteiger partial charge in [-0.15, -0.1) is 0 Å². The van der Waals surface area contributed by atoms with Crippen LogP contribution in [0.2, 0.25) is 0 Å². The number of benzene rings is 2. The molecule has 0 radical (unpaired) electrons. The Labute approximate surface area is 194 Å². The predicted octanol–water partition coefficient (Wildman–Crippen LogP) is 5.05. The lowest BCUT2D eigenvalue weighted by Gasteiger charge is -2.27. The Morgan fingerprint density at radius 1 is 1.00 bits per heavy atom. The minimum Gasteiger partial charge on any atom is -0.339 e. The first-order chi connectivity index (χ1) is 14.3. The van der Waals surface area contributed by atoms with Crippen molar-refractivity contribution < 1.29 is 4.79 Å². The third kappa shape index (κ3) is 6.31. The highest BCUT2D eigenvalue weighted by atomic mass is 35.6. The molecule has 154 valence electrons. The lowest BCUT2D eigenvalue weighted by molar-refractivity contribution is -0.117. The molecular weight excluding hydrogens is 463 g/mol. The molecule has 1 aromatic heterocycles. The molecular formula is C21H17Cl3N4OS. The first kappa shape index (κ1) is 22.3. The molecule has 0 saturated heterocycles. The molecule has 3 aromatic rings. The molecule has 3 rings (SSSR count). The van der Waals surface area contributed by atoms with Gasteiger partial charge in [0.2, 0.25) is 9.70 Å². The average Bonchev–Trinajstić information content (AvgIpc) is 2.72. The third-order valence-electron chi connectivity index (χ3n) is 4.00. The number of carbonyl (C=O) groups excluding carboxylic acids is 1. The summed E-state index contributed by atoms with van der Waals surface area (Å²) >= 11 is 23.4. The Balaban J connectivity index is 1.68. The zero-order chi connectivity index (χ0) is 21.6. The molecule has 0 aliphatic heterocycles. The Hall–Kier alpha value is -2.38. The second kappa shape index (κ2) is 10.1. The van der Waals surface area contributed by atoms with Crippen LogP contribution in [-0.2, 0) is 4.79 Å². The van der Waals surface area contributed by atoms with Crippen LogP contribution in [0, 0.1) is 0 Å². The minimum absolute atomic E-state index is 0.164. The van der Waals surface area contributed by atoms with Crippen molar-refractivity contribution in [2.45, 2.75) is 9.96 Å². The molecule has 1 heterocycles. The Morgan fingerprint density at radius 2 is 1.73 bits per heavy atom. The van der Waals surface area contributed by atoms with Gasteiger partial charge in [0.25, 0.3) is 0 Å². The molecule has 0 bridgehead atoms. The highest BCUT2D eigenvalue weighted by Gasteiger charge is 2.34. The number of alkyl halides is 3. The van der Waals surface area contributed by atoms with Crippen molar-refractivity contribution in [3.05, 3.63) is 78.5 Å². The number of pyridine rings is 1. The number of hydrogen-bond donors (Lipinski definition) is 3. The summed E-state index contributed by atoms with van der Waals surface area (Å²) in [4.78, 5) is 16.7. The number of anilines is 1. The van der Waals surface area contributed by atoms with Crippen LogP contribution in [0.4, 0.5) is 5.69 Å². The molecule has 0 saturated carbocycles. The van der Waals surface area contributed by atoms with Gasteiger partial charge in [-0.2, -0.15) is 0 Å². The molecule has 30 heavy (non-hydrogen) atoms. The number of halogens is 3. The molecule has 0 fully saturated rings. The fourth-order valence-corrected chi connectivity index (χ4v) is 3.18. The lowest BCUT2D eigenvalue weighted by atomic mass is 10.2. The van der Waals surface area contributed by atoms with Crippen molar-refractivity contribution in [1.82, 2.24) is 15.6 Å². The van der Waals surface area contributed by atoms with E-state index in [2.05, 4.69) is 20.9 Å². The number of nitrogens with one attached hydrogen (secondary N) is 3. The van der Waals surface area contributed by atoms with Gasteiger partial charge in [-0.1, -0.05) is 83.3 Å². The van der Waals surface area contributed by atoms with Crippen LogP contribution in [-0.4, -0.2) is 26.0 Å². The van der Waals surface area contributed by atoms with Crippen LogP contribution >= 0.6 is 47.0 Å². The summed E-state index contributed by atoms with van der Waals surface area (Å²) in [7, 11) is 0. The summed E-state index contributed by atoms with van der Waals surface area (Å²) in [6.45, 7) is 0. The van der Waals surface area contributed by atoms with Crippen molar-refractivity contribution in [2.24, 2.45) is 0 Å². The topological polar surface area (TPSA) is 66.1 Å². The zero-order valence-electron chi connectivity index (χ0n) is 15.5. The second-order valence-corrected chi connectivity index (χ2v) is 8.98. The molecule has 1 amide bonds. The Bertz CT molecular complexity index is 1070. The smallest absolute Gasteiger partial charge is 0.245 e. The van der Waals surface area contributed by atoms with Crippen molar-refractivity contribution in [3.8, 4) is 0 Å². The van der Waals surface area contributed by atoms with Gasteiger partial charge in [0.1, 0.15) is 6.17 Å². The van der Waals surface area contributed by atoms with E-state index in [1.54, 1.807) is 12.3 Å². The molecule has 2 aromatic carbocycles. The van der Waals surface area contributed by atoms with Gasteiger partial charge in [0.05, 0.1) is 11.2 Å². The Kier molecular flexibility index (Phi) is 7.50. The molecule has 1 atom stereocenters. The van der Waals surface area contributed by atoms with E-state index in [1.165, 1.54) is 6.08 Å². The molecule has 3 N–H and O–H groups in total. The van der Waals surface area contributed by atoms with Gasteiger partial charge in [-0.05, 0) is 36.0 Å². The fraction of sp³-hybridized carbons (Fsp3) is 0.0952. The second-order valence-electron chi connectivity index (χ2n) is 6.21. The minimum atomic E-state index is -1.85. The highest BCUT2D eigenvalue weighted by Crippen LogP contribution is 2.29. The maximum atomic E-state index is 12.3. The normalized spacial score (nSPS) is 12.5. The molecule has 1 unspecified atom stereocenters. The lowest BCUT2D eigenvalue weighted by Crippen LogP contribution is -2.55. The van der Waals surface area contributed by atoms with Crippen LogP contribution in [0.5, 0.6) is 0 Å². The molecule has 9 heteroatoms. The predicted molar refractivity (Wildman–Crippen MR) is 129 cm³/mol. The molecule has 0 aliphatic rings. The first-order valence-corrected chi connectivity index (χ1v) is 10.4. The van der Waals surface area contributed by atoms with Crippen LogP contribution < -0.4 is 16.0 Å². The van der Waals surface area contributed by atoms with Crippen molar-refractivity contribution >= 4 is 80.7 Å². The summed E-state index contributed by atoms with van der Waals surface area (Å²) < 4.78 is -1.85. The number of fused-ring (bicyclic) bond motifs is 1. The van der Waals surface area contributed by atoms with Crippen LogP contribution in [0.1, 0.15) is 5.56 Å². The largest absolute Gasteiger partial charge is 0.339 e. The average molecular weight is 480 g/mol. The fourth-order valence-electron chi connectivity index (χ4n) is 2.62. The summed E-state index contributed by atoms with van der Waals surface area (Å²) in [5.41, 5.74) is 2.29. The summed E-state index contributed by atoms with van der Waals surface area (Å²) in [5, 5.41) is 9.58. The number of hydrogen-bond acceptors (Lipinski definition) is 3. The van der Waals surface area contributed by atoms with E-state index >= 15 is 0 Å². The van der Waals surface area contributed by atoms with Crippen LogP contribution in [0.15, 0.2) is 72.9 Å². The Morgan fingerprint density at radius 3 is 2.47 bits per heavy atom. The number of amides is 1. The van der Waals surface area contributed by atoms with Gasteiger partial charge >= 0.3 is 0 Å². The standard InChI is InChI=1S/C21H17Cl3N4OS/c22-21(23,24)19(27-17(29)12-11-14-6-2-1-3-7-14)28-20(30)26-16-10-4-8-15-9-5-13-25-18(15)16/h1-13,19H,(H,27,29)(H2,26,28,30). The molecule has 0 spiro atoms. The SMILES string of the molecule is O=C(C=Cc1ccccc1)NC(NC(=S)Nc1cccc2cccnc12)C(Cl)(Cl)Cl. The van der Waals surface area contributed by atoms with E-state index in [0.717, 1.165) is 16.5 Å². The zero-order valence-corrected chi connectivity index (χ0v) is 18.6. The maximum absolute atomic E-state index is 12.3. The van der Waals surface area contributed by atoms with Crippen LogP contribution in [0.25, 0.3) is 17.0 Å². The summed E-state index contributed by atoms with van der Waals surface area (Å²) in [6, 6.07) is 18.8. The third-order valence-corrected chi connectivity index (χ3v) is 4.87. The highest BCUT2D eigenvalue weighted by molar-refractivity contribution is 7.80. The first-order valence-electron chi connectivity index (χ1n) is 8.84. The number of thiocarbonyl (C=S) groups is 1. The van der Waals surface area contributed by atoms with E-state index in [1.807, 2.05) is 60.7 Å². The maximum Gasteiger partial charge on any atom is 0.245 e. The monoisotopic (exact) mass is 478 g/mol. The number of para-hydroxylation sites is 1. The van der Waals surface area contributed by atoms with Crippen molar-refractivity contribution in [2.75, 3.05) is 5.32 Å². The van der Waals surface area contributed by atoms with E-state index in [4.69, 9.17) is 47.0 Å². The van der Waals surface area contributed by atoms with Gasteiger partial charge in [-0.25, -0.2) is 0 Å².